The molecule has 1 aromatic rings. The summed E-state index contributed by atoms with van der Waals surface area (Å²) in [5.41, 5.74) is 1.07. The lowest BCUT2D eigenvalue weighted by Crippen LogP contribution is -2.30. The van der Waals surface area contributed by atoms with Crippen LogP contribution in [0.4, 0.5) is 0 Å². The first-order valence-corrected chi connectivity index (χ1v) is 8.05. The number of aryl methyl sites for hydroxylation is 1. The molecule has 116 valence electrons. The zero-order valence-corrected chi connectivity index (χ0v) is 13.0. The molecule has 1 aliphatic rings. The van der Waals surface area contributed by atoms with E-state index in [0.29, 0.717) is 11.8 Å². The highest BCUT2D eigenvalue weighted by Gasteiger charge is 2.26. The van der Waals surface area contributed by atoms with E-state index in [1.165, 1.54) is 19.3 Å². The van der Waals surface area contributed by atoms with Crippen molar-refractivity contribution < 1.29 is 14.6 Å². The number of rotatable bonds is 6. The van der Waals surface area contributed by atoms with Crippen LogP contribution in [0.1, 0.15) is 68.4 Å². The van der Waals surface area contributed by atoms with Crippen molar-refractivity contribution in [2.75, 3.05) is 0 Å². The van der Waals surface area contributed by atoms with E-state index in [2.05, 4.69) is 18.8 Å². The zero-order chi connectivity index (χ0) is 15.2. The fourth-order valence-electron chi connectivity index (χ4n) is 3.08. The molecule has 2 atom stereocenters. The third-order valence-corrected chi connectivity index (χ3v) is 4.24. The van der Waals surface area contributed by atoms with Crippen LogP contribution >= 0.6 is 0 Å². The van der Waals surface area contributed by atoms with Crippen molar-refractivity contribution in [3.05, 3.63) is 23.4 Å². The number of pyridine rings is 1. The molecular weight excluding hydrogens is 266 g/mol. The van der Waals surface area contributed by atoms with Crippen molar-refractivity contribution in [3.63, 3.8) is 0 Å². The van der Waals surface area contributed by atoms with Crippen LogP contribution in [0.5, 0.6) is 5.88 Å². The minimum absolute atomic E-state index is 0.176. The summed E-state index contributed by atoms with van der Waals surface area (Å²) < 4.78 is 6.06. The molecule has 0 radical (unpaired) electrons. The minimum atomic E-state index is -0.921. The van der Waals surface area contributed by atoms with Crippen LogP contribution in [0.25, 0.3) is 0 Å². The van der Waals surface area contributed by atoms with Crippen LogP contribution in [0, 0.1) is 5.92 Å². The van der Waals surface area contributed by atoms with Crippen LogP contribution < -0.4 is 4.74 Å². The first-order valence-electron chi connectivity index (χ1n) is 8.05. The number of hydrogen-bond acceptors (Lipinski definition) is 3. The Morgan fingerprint density at radius 2 is 2.10 bits per heavy atom. The van der Waals surface area contributed by atoms with Crippen LogP contribution in [0.15, 0.2) is 12.1 Å². The summed E-state index contributed by atoms with van der Waals surface area (Å²) in [5, 5.41) is 9.22. The molecule has 1 aromatic heterocycles. The Bertz CT molecular complexity index is 487. The van der Waals surface area contributed by atoms with E-state index in [1.807, 2.05) is 0 Å². The molecule has 1 N–H and O–H groups in total. The second-order valence-electron chi connectivity index (χ2n) is 5.85. The number of carbonyl (C=O) groups is 1. The Hall–Kier alpha value is -1.58. The van der Waals surface area contributed by atoms with E-state index >= 15 is 0 Å². The maximum absolute atomic E-state index is 11.2. The molecule has 1 aliphatic carbocycles. The smallest absolute Gasteiger partial charge is 0.335 e. The monoisotopic (exact) mass is 291 g/mol. The van der Waals surface area contributed by atoms with Crippen molar-refractivity contribution in [2.24, 2.45) is 5.92 Å². The second kappa shape index (κ2) is 7.43. The highest BCUT2D eigenvalue weighted by molar-refractivity contribution is 5.88. The third kappa shape index (κ3) is 4.19. The Kier molecular flexibility index (Phi) is 5.59. The number of ether oxygens (including phenoxy) is 1. The quantitative estimate of drug-likeness (QED) is 0.858. The lowest BCUT2D eigenvalue weighted by atomic mass is 9.85. The number of nitrogens with zero attached hydrogens (tertiary/aromatic N) is 1. The van der Waals surface area contributed by atoms with Gasteiger partial charge in [0.05, 0.1) is 5.56 Å². The van der Waals surface area contributed by atoms with Gasteiger partial charge < -0.3 is 9.84 Å². The molecular formula is C17H25NO3. The molecule has 21 heavy (non-hydrogen) atoms. The minimum Gasteiger partial charge on any atom is -0.478 e. The molecule has 2 unspecified atom stereocenters. The van der Waals surface area contributed by atoms with Crippen LogP contribution in [-0.4, -0.2) is 22.2 Å². The van der Waals surface area contributed by atoms with Crippen molar-refractivity contribution in [1.29, 1.82) is 0 Å². The molecule has 4 heteroatoms. The molecule has 1 fully saturated rings. The number of hydrogen-bond donors (Lipinski definition) is 1. The average Bonchev–Trinajstić information content (AvgIpc) is 2.48. The zero-order valence-electron chi connectivity index (χ0n) is 13.0. The van der Waals surface area contributed by atoms with Crippen LogP contribution in [-0.2, 0) is 6.42 Å². The highest BCUT2D eigenvalue weighted by atomic mass is 16.5. The summed E-state index contributed by atoms with van der Waals surface area (Å²) in [4.78, 5) is 15.7. The van der Waals surface area contributed by atoms with Gasteiger partial charge in [0, 0.05) is 11.8 Å². The molecule has 1 heterocycles. The van der Waals surface area contributed by atoms with Gasteiger partial charge in [-0.05, 0) is 44.1 Å². The van der Waals surface area contributed by atoms with E-state index in [-0.39, 0.29) is 11.7 Å². The molecule has 0 aliphatic heterocycles. The molecule has 0 aromatic carbocycles. The predicted octanol–water partition coefficient (Wildman–Crippen LogP) is 4.08. The van der Waals surface area contributed by atoms with Crippen molar-refractivity contribution in [2.45, 2.75) is 64.9 Å². The number of aromatic nitrogens is 1. The lowest BCUT2D eigenvalue weighted by Gasteiger charge is -2.30. The Balaban J connectivity index is 2.19. The van der Waals surface area contributed by atoms with Gasteiger partial charge in [0.15, 0.2) is 0 Å². The maximum atomic E-state index is 11.2. The second-order valence-corrected chi connectivity index (χ2v) is 5.85. The molecule has 0 spiro atoms. The van der Waals surface area contributed by atoms with Crippen LogP contribution in [0.3, 0.4) is 0 Å². The summed E-state index contributed by atoms with van der Waals surface area (Å²) in [6, 6.07) is 3.21. The Morgan fingerprint density at radius 3 is 2.76 bits per heavy atom. The summed E-state index contributed by atoms with van der Waals surface area (Å²) in [7, 11) is 0. The van der Waals surface area contributed by atoms with Gasteiger partial charge in [0.1, 0.15) is 6.10 Å². The van der Waals surface area contributed by atoms with E-state index < -0.39 is 5.97 Å². The van der Waals surface area contributed by atoms with Crippen molar-refractivity contribution in [1.82, 2.24) is 4.98 Å². The van der Waals surface area contributed by atoms with Crippen molar-refractivity contribution in [3.8, 4) is 5.88 Å². The largest absolute Gasteiger partial charge is 0.478 e. The van der Waals surface area contributed by atoms with Gasteiger partial charge in [0.25, 0.3) is 0 Å². The summed E-state index contributed by atoms with van der Waals surface area (Å²) in [6.45, 7) is 4.25. The van der Waals surface area contributed by atoms with Gasteiger partial charge in [0.2, 0.25) is 5.88 Å². The van der Waals surface area contributed by atoms with Crippen LogP contribution in [0.2, 0.25) is 0 Å². The van der Waals surface area contributed by atoms with E-state index in [9.17, 15) is 9.90 Å². The Morgan fingerprint density at radius 1 is 1.33 bits per heavy atom. The SMILES string of the molecule is CCCc1cc(C(=O)O)cc(OC2CCCCC2CC)n1. The van der Waals surface area contributed by atoms with E-state index in [4.69, 9.17) is 4.74 Å². The molecule has 4 nitrogen and oxygen atoms in total. The van der Waals surface area contributed by atoms with Crippen molar-refractivity contribution >= 4 is 5.97 Å². The first-order chi connectivity index (χ1) is 10.1. The third-order valence-electron chi connectivity index (χ3n) is 4.24. The number of carboxylic acids is 1. The summed E-state index contributed by atoms with van der Waals surface area (Å²) in [6.07, 6.45) is 7.68. The standard InChI is InChI=1S/C17H25NO3/c1-3-7-14-10-13(17(19)20)11-16(18-14)21-15-9-6-5-8-12(15)4-2/h10-12,15H,3-9H2,1-2H3,(H,19,20). The van der Waals surface area contributed by atoms with Gasteiger partial charge >= 0.3 is 5.97 Å². The lowest BCUT2D eigenvalue weighted by molar-refractivity contribution is 0.0690. The fourth-order valence-corrected chi connectivity index (χ4v) is 3.08. The highest BCUT2D eigenvalue weighted by Crippen LogP contribution is 2.30. The summed E-state index contributed by atoms with van der Waals surface area (Å²) in [5.74, 6) is 0.114. The van der Waals surface area contributed by atoms with E-state index in [0.717, 1.165) is 31.4 Å². The van der Waals surface area contributed by atoms with E-state index in [1.54, 1.807) is 12.1 Å². The average molecular weight is 291 g/mol. The maximum Gasteiger partial charge on any atom is 0.335 e. The Labute approximate surface area is 126 Å². The molecule has 2 rings (SSSR count). The molecule has 1 saturated carbocycles. The number of aromatic carboxylic acids is 1. The molecule has 0 bridgehead atoms. The van der Waals surface area contributed by atoms with Gasteiger partial charge in [-0.1, -0.05) is 26.7 Å². The normalized spacial score (nSPS) is 22.0. The first kappa shape index (κ1) is 15.8. The fraction of sp³-hybridized carbons (Fsp3) is 0.647. The molecule has 0 saturated heterocycles. The van der Waals surface area contributed by atoms with Gasteiger partial charge in [-0.2, -0.15) is 0 Å². The number of carboxylic acid groups (broad SMARTS) is 1. The van der Waals surface area contributed by atoms with Gasteiger partial charge in [-0.3, -0.25) is 0 Å². The van der Waals surface area contributed by atoms with Gasteiger partial charge in [-0.25, -0.2) is 9.78 Å². The van der Waals surface area contributed by atoms with Gasteiger partial charge in [-0.15, -0.1) is 0 Å². The predicted molar refractivity (Wildman–Crippen MR) is 81.9 cm³/mol. The topological polar surface area (TPSA) is 59.4 Å². The molecule has 0 amide bonds. The summed E-state index contributed by atoms with van der Waals surface area (Å²) >= 11 is 0.